The van der Waals surface area contributed by atoms with Gasteiger partial charge in [-0.15, -0.1) is 0 Å². The summed E-state index contributed by atoms with van der Waals surface area (Å²) in [5, 5.41) is 11.8. The molecule has 0 heterocycles. The summed E-state index contributed by atoms with van der Waals surface area (Å²) in [4.78, 5) is 22.3. The summed E-state index contributed by atoms with van der Waals surface area (Å²) < 4.78 is 5.34. The number of carboxylic acids is 1. The average molecular weight is 306 g/mol. The van der Waals surface area contributed by atoms with Crippen molar-refractivity contribution in [2.24, 2.45) is 0 Å². The lowest BCUT2D eigenvalue weighted by Crippen LogP contribution is -2.44. The molecule has 5 nitrogen and oxygen atoms in total. The first-order valence-electron chi connectivity index (χ1n) is 5.45. The number of aliphatic carboxylic acids is 1. The fourth-order valence-electron chi connectivity index (χ4n) is 1.25. The van der Waals surface area contributed by atoms with Gasteiger partial charge in [0.2, 0.25) is 0 Å². The van der Waals surface area contributed by atoms with E-state index in [-0.39, 0.29) is 0 Å². The van der Waals surface area contributed by atoms with Crippen LogP contribution >= 0.6 is 23.2 Å². The zero-order valence-corrected chi connectivity index (χ0v) is 11.8. The van der Waals surface area contributed by atoms with Crippen molar-refractivity contribution in [3.8, 4) is 5.75 Å². The van der Waals surface area contributed by atoms with Crippen LogP contribution in [0.2, 0.25) is 10.0 Å². The maximum absolute atomic E-state index is 11.7. The first-order valence-corrected chi connectivity index (χ1v) is 6.21. The number of halogens is 2. The Labute approximate surface area is 120 Å². The standard InChI is InChI=1S/C12H13Cl2NO4/c1-6(12(17)18)15-11(16)7(2)19-10-4-8(13)3-9(14)5-10/h3-7H,1-2H3,(H,15,16)(H,17,18)/t6-,7?/m0/s1. The molecule has 1 aromatic carbocycles. The van der Waals surface area contributed by atoms with Crippen LogP contribution in [0.5, 0.6) is 5.75 Å². The van der Waals surface area contributed by atoms with Gasteiger partial charge in [-0.2, -0.15) is 0 Å². The molecule has 0 aromatic heterocycles. The van der Waals surface area contributed by atoms with E-state index in [2.05, 4.69) is 5.32 Å². The Morgan fingerprint density at radius 2 is 1.74 bits per heavy atom. The molecule has 1 unspecified atom stereocenters. The summed E-state index contributed by atoms with van der Waals surface area (Å²) in [6, 6.07) is 3.57. The third kappa shape index (κ3) is 4.96. The number of hydrogen-bond donors (Lipinski definition) is 2. The molecule has 0 aliphatic rings. The van der Waals surface area contributed by atoms with Gasteiger partial charge in [-0.25, -0.2) is 0 Å². The average Bonchev–Trinajstić information content (AvgIpc) is 2.26. The molecule has 0 aliphatic carbocycles. The van der Waals surface area contributed by atoms with E-state index in [1.165, 1.54) is 32.0 Å². The monoisotopic (exact) mass is 305 g/mol. The van der Waals surface area contributed by atoms with Gasteiger partial charge in [0.15, 0.2) is 6.10 Å². The molecule has 0 bridgehead atoms. The Bertz CT molecular complexity index is 472. The lowest BCUT2D eigenvalue weighted by molar-refractivity contribution is -0.142. The van der Waals surface area contributed by atoms with Gasteiger partial charge < -0.3 is 15.2 Å². The molecular weight excluding hydrogens is 293 g/mol. The van der Waals surface area contributed by atoms with Crippen molar-refractivity contribution in [2.45, 2.75) is 26.0 Å². The van der Waals surface area contributed by atoms with Crippen molar-refractivity contribution in [3.05, 3.63) is 28.2 Å². The van der Waals surface area contributed by atoms with Crippen molar-refractivity contribution in [1.82, 2.24) is 5.32 Å². The third-order valence-corrected chi connectivity index (χ3v) is 2.68. The zero-order valence-electron chi connectivity index (χ0n) is 10.3. The molecule has 19 heavy (non-hydrogen) atoms. The van der Waals surface area contributed by atoms with Crippen LogP contribution in [0, 0.1) is 0 Å². The van der Waals surface area contributed by atoms with Crippen LogP contribution in [0.25, 0.3) is 0 Å². The predicted octanol–water partition coefficient (Wildman–Crippen LogP) is 2.35. The normalized spacial score (nSPS) is 13.5. The van der Waals surface area contributed by atoms with E-state index in [4.69, 9.17) is 33.0 Å². The van der Waals surface area contributed by atoms with Crippen molar-refractivity contribution >= 4 is 35.1 Å². The minimum atomic E-state index is -1.12. The van der Waals surface area contributed by atoms with Gasteiger partial charge in [0.25, 0.3) is 5.91 Å². The zero-order chi connectivity index (χ0) is 14.6. The molecule has 2 atom stereocenters. The Kier molecular flexibility index (Phi) is 5.44. The highest BCUT2D eigenvalue weighted by molar-refractivity contribution is 6.34. The second-order valence-corrected chi connectivity index (χ2v) is 4.81. The van der Waals surface area contributed by atoms with E-state index >= 15 is 0 Å². The molecule has 0 fully saturated rings. The van der Waals surface area contributed by atoms with Crippen LogP contribution in [0.1, 0.15) is 13.8 Å². The lowest BCUT2D eigenvalue weighted by atomic mass is 10.3. The molecule has 0 radical (unpaired) electrons. The summed E-state index contributed by atoms with van der Waals surface area (Å²) in [5.41, 5.74) is 0. The van der Waals surface area contributed by atoms with Gasteiger partial charge in [0.1, 0.15) is 11.8 Å². The molecule has 104 valence electrons. The minimum Gasteiger partial charge on any atom is -0.481 e. The molecule has 0 saturated carbocycles. The number of nitrogens with one attached hydrogen (secondary N) is 1. The van der Waals surface area contributed by atoms with Crippen LogP contribution < -0.4 is 10.1 Å². The molecular formula is C12H13Cl2NO4. The van der Waals surface area contributed by atoms with Crippen molar-refractivity contribution in [1.29, 1.82) is 0 Å². The number of carbonyl (C=O) groups excluding carboxylic acids is 1. The Morgan fingerprint density at radius 1 is 1.21 bits per heavy atom. The molecule has 1 aromatic rings. The molecule has 1 rings (SSSR count). The summed E-state index contributed by atoms with van der Waals surface area (Å²) in [5.74, 6) is -1.32. The summed E-state index contributed by atoms with van der Waals surface area (Å²) in [6.07, 6.45) is -0.865. The van der Waals surface area contributed by atoms with Crippen LogP contribution in [-0.4, -0.2) is 29.1 Å². The summed E-state index contributed by atoms with van der Waals surface area (Å²) >= 11 is 11.6. The number of rotatable bonds is 5. The summed E-state index contributed by atoms with van der Waals surface area (Å²) in [6.45, 7) is 2.86. The highest BCUT2D eigenvalue weighted by atomic mass is 35.5. The fraction of sp³-hybridized carbons (Fsp3) is 0.333. The van der Waals surface area contributed by atoms with Crippen LogP contribution in [0.15, 0.2) is 18.2 Å². The van der Waals surface area contributed by atoms with Gasteiger partial charge in [0.05, 0.1) is 0 Å². The van der Waals surface area contributed by atoms with E-state index in [1.54, 1.807) is 0 Å². The molecule has 0 spiro atoms. The van der Waals surface area contributed by atoms with E-state index in [0.29, 0.717) is 15.8 Å². The predicted molar refractivity (Wildman–Crippen MR) is 71.8 cm³/mol. The quantitative estimate of drug-likeness (QED) is 0.875. The smallest absolute Gasteiger partial charge is 0.325 e. The second kappa shape index (κ2) is 6.63. The van der Waals surface area contributed by atoms with Gasteiger partial charge in [-0.3, -0.25) is 9.59 Å². The third-order valence-electron chi connectivity index (χ3n) is 2.25. The van der Waals surface area contributed by atoms with Crippen LogP contribution in [0.4, 0.5) is 0 Å². The van der Waals surface area contributed by atoms with Crippen LogP contribution in [-0.2, 0) is 9.59 Å². The van der Waals surface area contributed by atoms with E-state index in [1.807, 2.05) is 0 Å². The number of ether oxygens (including phenoxy) is 1. The lowest BCUT2D eigenvalue weighted by Gasteiger charge is -2.16. The molecule has 2 N–H and O–H groups in total. The van der Waals surface area contributed by atoms with E-state index in [0.717, 1.165) is 0 Å². The maximum atomic E-state index is 11.7. The molecule has 0 aliphatic heterocycles. The highest BCUT2D eigenvalue weighted by Crippen LogP contribution is 2.24. The SMILES string of the molecule is CC(Oc1cc(Cl)cc(Cl)c1)C(=O)N[C@@H](C)C(=O)O. The first-order chi connectivity index (χ1) is 8.79. The molecule has 7 heteroatoms. The minimum absolute atomic E-state index is 0.336. The number of benzene rings is 1. The van der Waals surface area contributed by atoms with Crippen molar-refractivity contribution in [3.63, 3.8) is 0 Å². The van der Waals surface area contributed by atoms with Gasteiger partial charge in [-0.1, -0.05) is 23.2 Å². The Morgan fingerprint density at radius 3 is 2.21 bits per heavy atom. The van der Waals surface area contributed by atoms with Crippen molar-refractivity contribution < 1.29 is 19.4 Å². The number of amides is 1. The molecule has 0 saturated heterocycles. The largest absolute Gasteiger partial charge is 0.481 e. The van der Waals surface area contributed by atoms with E-state index < -0.39 is 24.0 Å². The van der Waals surface area contributed by atoms with Crippen molar-refractivity contribution in [2.75, 3.05) is 0 Å². The number of hydrogen-bond acceptors (Lipinski definition) is 3. The highest BCUT2D eigenvalue weighted by Gasteiger charge is 2.20. The molecule has 1 amide bonds. The number of carboxylic acid groups (broad SMARTS) is 1. The fourth-order valence-corrected chi connectivity index (χ4v) is 1.75. The van der Waals surface area contributed by atoms with Crippen LogP contribution in [0.3, 0.4) is 0 Å². The number of carbonyl (C=O) groups is 2. The second-order valence-electron chi connectivity index (χ2n) is 3.93. The Balaban J connectivity index is 2.66. The van der Waals surface area contributed by atoms with Gasteiger partial charge >= 0.3 is 5.97 Å². The maximum Gasteiger partial charge on any atom is 0.325 e. The topological polar surface area (TPSA) is 75.6 Å². The van der Waals surface area contributed by atoms with Gasteiger partial charge in [-0.05, 0) is 32.0 Å². The van der Waals surface area contributed by atoms with E-state index in [9.17, 15) is 9.59 Å². The first kappa shape index (κ1) is 15.6. The Hall–Kier alpha value is -1.46. The summed E-state index contributed by atoms with van der Waals surface area (Å²) in [7, 11) is 0. The van der Waals surface area contributed by atoms with Gasteiger partial charge in [0, 0.05) is 10.0 Å².